The zero-order valence-corrected chi connectivity index (χ0v) is 20.6. The Morgan fingerprint density at radius 3 is 2.69 bits per heavy atom. The van der Waals surface area contributed by atoms with Crippen LogP contribution in [0.5, 0.6) is 11.5 Å². The van der Waals surface area contributed by atoms with Gasteiger partial charge in [0.05, 0.1) is 19.2 Å². The van der Waals surface area contributed by atoms with Crippen LogP contribution in [-0.2, 0) is 4.79 Å². The number of fused-ring (bicyclic) bond motifs is 1. The molecule has 0 spiro atoms. The summed E-state index contributed by atoms with van der Waals surface area (Å²) in [5, 5.41) is 13.3. The predicted molar refractivity (Wildman–Crippen MR) is 138 cm³/mol. The summed E-state index contributed by atoms with van der Waals surface area (Å²) >= 11 is 0. The van der Waals surface area contributed by atoms with Gasteiger partial charge in [-0.05, 0) is 43.0 Å². The van der Waals surface area contributed by atoms with Gasteiger partial charge in [0.15, 0.2) is 17.3 Å². The molecule has 35 heavy (non-hydrogen) atoms. The molecular formula is C28H33N3O4. The van der Waals surface area contributed by atoms with Gasteiger partial charge in [-0.1, -0.05) is 38.7 Å². The molecule has 2 aromatic carbocycles. The molecule has 1 unspecified atom stereocenters. The van der Waals surface area contributed by atoms with Crippen LogP contribution in [-0.4, -0.2) is 41.2 Å². The van der Waals surface area contributed by atoms with Gasteiger partial charge >= 0.3 is 0 Å². The third kappa shape index (κ3) is 6.93. The van der Waals surface area contributed by atoms with Gasteiger partial charge in [-0.15, -0.1) is 6.42 Å². The van der Waals surface area contributed by atoms with Crippen molar-refractivity contribution in [3.63, 3.8) is 0 Å². The Hall–Kier alpha value is -3.63. The van der Waals surface area contributed by atoms with Crippen molar-refractivity contribution in [2.24, 2.45) is 11.8 Å². The van der Waals surface area contributed by atoms with E-state index in [2.05, 4.69) is 21.2 Å². The molecule has 3 rings (SSSR count). The zero-order chi connectivity index (χ0) is 25.2. The van der Waals surface area contributed by atoms with E-state index < -0.39 is 0 Å². The highest BCUT2D eigenvalue weighted by Crippen LogP contribution is 2.35. The lowest BCUT2D eigenvalue weighted by Gasteiger charge is -2.18. The van der Waals surface area contributed by atoms with Crippen LogP contribution in [0, 0.1) is 24.2 Å². The average molecular weight is 476 g/mol. The Balaban J connectivity index is 1.66. The van der Waals surface area contributed by atoms with Gasteiger partial charge in [-0.25, -0.2) is 9.97 Å². The van der Waals surface area contributed by atoms with Crippen LogP contribution in [0.1, 0.15) is 45.1 Å². The number of carbonyl (C=O) groups is 1. The molecule has 0 saturated heterocycles. The average Bonchev–Trinajstić information content (AvgIpc) is 2.87. The lowest BCUT2D eigenvalue weighted by atomic mass is 9.87. The van der Waals surface area contributed by atoms with Gasteiger partial charge in [-0.2, -0.15) is 0 Å². The van der Waals surface area contributed by atoms with E-state index in [4.69, 9.17) is 21.0 Å². The number of aromatic nitrogens is 2. The fourth-order valence-corrected chi connectivity index (χ4v) is 4.07. The van der Waals surface area contributed by atoms with Crippen LogP contribution in [0.2, 0.25) is 0 Å². The van der Waals surface area contributed by atoms with Crippen molar-refractivity contribution in [2.75, 3.05) is 25.6 Å². The summed E-state index contributed by atoms with van der Waals surface area (Å²) in [4.78, 5) is 20.7. The second kappa shape index (κ2) is 12.7. The van der Waals surface area contributed by atoms with Crippen LogP contribution >= 0.6 is 0 Å². The first kappa shape index (κ1) is 26.0. The van der Waals surface area contributed by atoms with Crippen molar-refractivity contribution in [2.45, 2.75) is 39.5 Å². The van der Waals surface area contributed by atoms with Gasteiger partial charge in [0, 0.05) is 28.6 Å². The molecule has 0 aliphatic heterocycles. The number of ether oxygens (including phenoxy) is 2. The number of unbranched alkanes of at least 4 members (excludes halogenated alkanes) is 2. The molecule has 0 aliphatic rings. The van der Waals surface area contributed by atoms with Gasteiger partial charge in [0.25, 0.3) is 0 Å². The molecule has 184 valence electrons. The maximum atomic E-state index is 11.9. The number of hydrogen-bond acceptors (Lipinski definition) is 7. The number of carbonyl (C=O) groups excluding carboxylic acids is 1. The Kier molecular flexibility index (Phi) is 9.45. The number of rotatable bonds is 13. The Morgan fingerprint density at radius 2 is 1.97 bits per heavy atom. The summed E-state index contributed by atoms with van der Waals surface area (Å²) in [6.07, 6.45) is 10.5. The van der Waals surface area contributed by atoms with E-state index >= 15 is 0 Å². The number of nitrogens with zero attached hydrogens (tertiary/aromatic N) is 2. The van der Waals surface area contributed by atoms with E-state index in [1.54, 1.807) is 7.11 Å². The smallest absolute Gasteiger partial charge is 0.162 e. The van der Waals surface area contributed by atoms with Crippen LogP contribution in [0.25, 0.3) is 10.9 Å². The predicted octanol–water partition coefficient (Wildman–Crippen LogP) is 5.14. The van der Waals surface area contributed by atoms with Crippen molar-refractivity contribution >= 4 is 28.2 Å². The highest BCUT2D eigenvalue weighted by atomic mass is 16.5. The van der Waals surface area contributed by atoms with E-state index in [9.17, 15) is 4.79 Å². The molecule has 7 heteroatoms. The number of aliphatic hydroxyl groups excluding tert-OH is 1. The number of Topliss-reactive ketones (excluding diaryl/α,β-unsaturated/α-hetero) is 1. The number of anilines is 2. The van der Waals surface area contributed by atoms with Crippen molar-refractivity contribution in [3.05, 3.63) is 48.3 Å². The van der Waals surface area contributed by atoms with E-state index in [0.717, 1.165) is 47.8 Å². The second-order valence-electron chi connectivity index (χ2n) is 8.77. The standard InChI is InChI=1S/C28H33N3O4/c1-5-20-10-9-11-21(14-20)31-28-23-15-27(26(34-4)16-24(23)29-18-30-28)35-13-8-6-7-12-22(19(2)3)25(33)17-32/h1,9-11,14-16,18-19,22,32H,6-8,12-13,17H2,2-4H3,(H,29,30,31). The van der Waals surface area contributed by atoms with Crippen LogP contribution < -0.4 is 14.8 Å². The molecule has 0 bridgehead atoms. The van der Waals surface area contributed by atoms with Gasteiger partial charge in [0.2, 0.25) is 0 Å². The highest BCUT2D eigenvalue weighted by molar-refractivity contribution is 5.93. The lowest BCUT2D eigenvalue weighted by Crippen LogP contribution is -2.23. The first-order valence-electron chi connectivity index (χ1n) is 11.9. The molecule has 1 atom stereocenters. The number of ketones is 1. The van der Waals surface area contributed by atoms with Crippen molar-refractivity contribution < 1.29 is 19.4 Å². The normalized spacial score (nSPS) is 11.8. The summed E-state index contributed by atoms with van der Waals surface area (Å²) < 4.78 is 11.6. The fourth-order valence-electron chi connectivity index (χ4n) is 4.07. The topological polar surface area (TPSA) is 93.6 Å². The first-order chi connectivity index (χ1) is 17.0. The summed E-state index contributed by atoms with van der Waals surface area (Å²) in [6, 6.07) is 11.3. The molecule has 0 radical (unpaired) electrons. The third-order valence-electron chi connectivity index (χ3n) is 6.00. The minimum atomic E-state index is -0.385. The Labute approximate surface area is 206 Å². The van der Waals surface area contributed by atoms with E-state index in [-0.39, 0.29) is 24.2 Å². The monoisotopic (exact) mass is 475 g/mol. The number of aliphatic hydroxyl groups is 1. The van der Waals surface area contributed by atoms with Gasteiger partial charge in [0.1, 0.15) is 18.8 Å². The quantitative estimate of drug-likeness (QED) is 0.261. The molecule has 0 fully saturated rings. The molecule has 0 aliphatic carbocycles. The molecule has 0 saturated carbocycles. The molecule has 0 amide bonds. The van der Waals surface area contributed by atoms with Crippen molar-refractivity contribution in [1.29, 1.82) is 0 Å². The molecule has 3 aromatic rings. The van der Waals surface area contributed by atoms with Gasteiger partial charge < -0.3 is 19.9 Å². The highest BCUT2D eigenvalue weighted by Gasteiger charge is 2.20. The summed E-state index contributed by atoms with van der Waals surface area (Å²) in [5.74, 6) is 4.56. The maximum absolute atomic E-state index is 11.9. The van der Waals surface area contributed by atoms with Crippen LogP contribution in [0.15, 0.2) is 42.7 Å². The minimum Gasteiger partial charge on any atom is -0.493 e. The number of terminal acetylenes is 1. The molecule has 2 N–H and O–H groups in total. The zero-order valence-electron chi connectivity index (χ0n) is 20.6. The molecule has 7 nitrogen and oxygen atoms in total. The summed E-state index contributed by atoms with van der Waals surface area (Å²) in [6.45, 7) is 4.17. The maximum Gasteiger partial charge on any atom is 0.162 e. The van der Waals surface area contributed by atoms with Crippen molar-refractivity contribution in [1.82, 2.24) is 9.97 Å². The molecule has 1 aromatic heterocycles. The number of methoxy groups -OCH3 is 1. The van der Waals surface area contributed by atoms with E-state index in [1.807, 2.05) is 50.2 Å². The minimum absolute atomic E-state index is 0.0743. The third-order valence-corrected chi connectivity index (χ3v) is 6.00. The number of benzene rings is 2. The Morgan fingerprint density at radius 1 is 1.14 bits per heavy atom. The molecule has 1 heterocycles. The fraction of sp³-hybridized carbons (Fsp3) is 0.393. The lowest BCUT2D eigenvalue weighted by molar-refractivity contribution is -0.127. The van der Waals surface area contributed by atoms with Crippen LogP contribution in [0.3, 0.4) is 0 Å². The Bertz CT molecular complexity index is 1190. The number of hydrogen-bond donors (Lipinski definition) is 2. The first-order valence-corrected chi connectivity index (χ1v) is 11.9. The SMILES string of the molecule is C#Cc1cccc(Nc2ncnc3cc(OC)c(OCCCCCC(C(=O)CO)C(C)C)cc23)c1. The van der Waals surface area contributed by atoms with E-state index in [1.165, 1.54) is 6.33 Å². The summed E-state index contributed by atoms with van der Waals surface area (Å²) in [5.41, 5.74) is 2.34. The largest absolute Gasteiger partial charge is 0.493 e. The number of nitrogens with one attached hydrogen (secondary N) is 1. The van der Waals surface area contributed by atoms with Crippen LogP contribution in [0.4, 0.5) is 11.5 Å². The van der Waals surface area contributed by atoms with E-state index in [0.29, 0.717) is 23.9 Å². The van der Waals surface area contributed by atoms with Crippen molar-refractivity contribution in [3.8, 4) is 23.8 Å². The molecular weight excluding hydrogens is 442 g/mol. The summed E-state index contributed by atoms with van der Waals surface area (Å²) in [7, 11) is 1.60. The van der Waals surface area contributed by atoms with Gasteiger partial charge in [-0.3, -0.25) is 4.79 Å². The second-order valence-corrected chi connectivity index (χ2v) is 8.77.